The Hall–Kier alpha value is -2.90. The van der Waals surface area contributed by atoms with E-state index < -0.39 is 12.0 Å². The van der Waals surface area contributed by atoms with Crippen LogP contribution in [0.1, 0.15) is 29.5 Å². The SMILES string of the molecule is C[C@@H](O)[C@@H](C#N)c1ccc(Cc2cc3ccccc3[nH]c2=O)cc1. The predicted octanol–water partition coefficient (Wildman–Crippen LogP) is 3.11. The molecule has 0 amide bonds. The number of benzene rings is 2. The third kappa shape index (κ3) is 3.22. The number of aliphatic hydroxyl groups is 1. The molecule has 0 fully saturated rings. The van der Waals surface area contributed by atoms with Crippen LogP contribution in [0.15, 0.2) is 59.4 Å². The highest BCUT2D eigenvalue weighted by Crippen LogP contribution is 2.20. The smallest absolute Gasteiger partial charge is 0.251 e. The van der Waals surface area contributed by atoms with E-state index in [1.807, 2.05) is 54.6 Å². The molecule has 0 saturated heterocycles. The summed E-state index contributed by atoms with van der Waals surface area (Å²) in [6.45, 7) is 1.61. The first-order valence-corrected chi connectivity index (χ1v) is 7.86. The van der Waals surface area contributed by atoms with Gasteiger partial charge in [0.2, 0.25) is 0 Å². The summed E-state index contributed by atoms with van der Waals surface area (Å²) in [6.07, 6.45) is -0.198. The number of nitriles is 1. The molecule has 0 unspecified atom stereocenters. The van der Waals surface area contributed by atoms with Gasteiger partial charge in [0.1, 0.15) is 0 Å². The highest BCUT2D eigenvalue weighted by atomic mass is 16.3. The van der Waals surface area contributed by atoms with Crippen LogP contribution >= 0.6 is 0 Å². The molecule has 0 spiro atoms. The van der Waals surface area contributed by atoms with E-state index >= 15 is 0 Å². The molecule has 4 heteroatoms. The van der Waals surface area contributed by atoms with Crippen molar-refractivity contribution in [2.75, 3.05) is 0 Å². The van der Waals surface area contributed by atoms with Crippen LogP contribution in [0, 0.1) is 11.3 Å². The Morgan fingerprint density at radius 1 is 1.17 bits per heavy atom. The number of aromatic nitrogens is 1. The maximum atomic E-state index is 12.2. The molecule has 0 radical (unpaired) electrons. The number of H-pyrrole nitrogens is 1. The van der Waals surface area contributed by atoms with Crippen LogP contribution in [0.3, 0.4) is 0 Å². The summed E-state index contributed by atoms with van der Waals surface area (Å²) in [5.74, 6) is -0.539. The van der Waals surface area contributed by atoms with Crippen molar-refractivity contribution in [3.63, 3.8) is 0 Å². The van der Waals surface area contributed by atoms with E-state index in [0.717, 1.165) is 22.0 Å². The summed E-state index contributed by atoms with van der Waals surface area (Å²) >= 11 is 0. The van der Waals surface area contributed by atoms with E-state index in [9.17, 15) is 9.90 Å². The molecule has 0 saturated carbocycles. The zero-order valence-corrected chi connectivity index (χ0v) is 13.4. The van der Waals surface area contributed by atoms with Crippen molar-refractivity contribution >= 4 is 10.9 Å². The number of nitrogens with one attached hydrogen (secondary N) is 1. The lowest BCUT2D eigenvalue weighted by Crippen LogP contribution is -2.13. The number of rotatable bonds is 4. The maximum absolute atomic E-state index is 12.2. The molecule has 0 aliphatic rings. The molecule has 24 heavy (non-hydrogen) atoms. The molecule has 0 aliphatic carbocycles. The fourth-order valence-electron chi connectivity index (χ4n) is 2.85. The van der Waals surface area contributed by atoms with E-state index in [2.05, 4.69) is 11.1 Å². The van der Waals surface area contributed by atoms with Crippen LogP contribution < -0.4 is 5.56 Å². The summed E-state index contributed by atoms with van der Waals surface area (Å²) in [5, 5.41) is 19.8. The van der Waals surface area contributed by atoms with Crippen LogP contribution in [-0.4, -0.2) is 16.2 Å². The highest BCUT2D eigenvalue weighted by molar-refractivity contribution is 5.78. The van der Waals surface area contributed by atoms with E-state index in [1.54, 1.807) is 6.92 Å². The standard InChI is InChI=1S/C20H18N2O2/c1-13(23)18(12-21)15-8-6-14(7-9-15)10-17-11-16-4-2-3-5-19(16)22-20(17)24/h2-9,11,13,18,23H,10H2,1H3,(H,22,24)/t13-,18-/m1/s1. The van der Waals surface area contributed by atoms with Crippen molar-refractivity contribution in [2.45, 2.75) is 25.4 Å². The van der Waals surface area contributed by atoms with Gasteiger partial charge in [-0.1, -0.05) is 42.5 Å². The molecule has 3 aromatic rings. The summed E-state index contributed by atoms with van der Waals surface area (Å²) in [6, 6.07) is 19.2. The quantitative estimate of drug-likeness (QED) is 0.776. The van der Waals surface area contributed by atoms with Crippen LogP contribution in [-0.2, 0) is 6.42 Å². The highest BCUT2D eigenvalue weighted by Gasteiger charge is 2.16. The van der Waals surface area contributed by atoms with Crippen LogP contribution in [0.25, 0.3) is 10.9 Å². The Morgan fingerprint density at radius 2 is 1.88 bits per heavy atom. The average Bonchev–Trinajstić information content (AvgIpc) is 2.57. The molecule has 0 bridgehead atoms. The Morgan fingerprint density at radius 3 is 2.54 bits per heavy atom. The van der Waals surface area contributed by atoms with E-state index in [4.69, 9.17) is 5.26 Å². The van der Waals surface area contributed by atoms with Gasteiger partial charge >= 0.3 is 0 Å². The van der Waals surface area contributed by atoms with Crippen LogP contribution in [0.4, 0.5) is 0 Å². The minimum atomic E-state index is -0.718. The summed E-state index contributed by atoms with van der Waals surface area (Å²) in [4.78, 5) is 15.1. The van der Waals surface area contributed by atoms with Gasteiger partial charge in [-0.05, 0) is 35.6 Å². The number of nitrogens with zero attached hydrogens (tertiary/aromatic N) is 1. The summed E-state index contributed by atoms with van der Waals surface area (Å²) < 4.78 is 0. The molecule has 2 N–H and O–H groups in total. The molecular formula is C20H18N2O2. The second-order valence-corrected chi connectivity index (χ2v) is 5.98. The average molecular weight is 318 g/mol. The third-order valence-corrected chi connectivity index (χ3v) is 4.19. The van der Waals surface area contributed by atoms with E-state index in [1.165, 1.54) is 0 Å². The van der Waals surface area contributed by atoms with Gasteiger partial charge in [-0.3, -0.25) is 4.79 Å². The van der Waals surface area contributed by atoms with Gasteiger partial charge in [0.15, 0.2) is 0 Å². The molecule has 1 aromatic heterocycles. The molecular weight excluding hydrogens is 300 g/mol. The summed E-state index contributed by atoms with van der Waals surface area (Å²) in [5.41, 5.74) is 3.21. The zero-order valence-electron chi connectivity index (χ0n) is 13.4. The van der Waals surface area contributed by atoms with Gasteiger partial charge < -0.3 is 10.1 Å². The van der Waals surface area contributed by atoms with Gasteiger partial charge in [-0.2, -0.15) is 5.26 Å². The number of fused-ring (bicyclic) bond motifs is 1. The molecule has 2 atom stereocenters. The first kappa shape index (κ1) is 16.0. The maximum Gasteiger partial charge on any atom is 0.251 e. The minimum absolute atomic E-state index is 0.0864. The van der Waals surface area contributed by atoms with Crippen molar-refractivity contribution in [2.24, 2.45) is 0 Å². The van der Waals surface area contributed by atoms with Gasteiger partial charge in [0.05, 0.1) is 18.1 Å². The Kier molecular flexibility index (Phi) is 4.45. The third-order valence-electron chi connectivity index (χ3n) is 4.19. The van der Waals surface area contributed by atoms with Gasteiger partial charge in [-0.15, -0.1) is 0 Å². The molecule has 3 rings (SSSR count). The number of hydrogen-bond acceptors (Lipinski definition) is 3. The Balaban J connectivity index is 1.88. The van der Waals surface area contributed by atoms with E-state index in [0.29, 0.717) is 12.0 Å². The largest absolute Gasteiger partial charge is 0.392 e. The monoisotopic (exact) mass is 318 g/mol. The van der Waals surface area contributed by atoms with Crippen molar-refractivity contribution in [1.29, 1.82) is 5.26 Å². The Labute approximate surface area is 140 Å². The van der Waals surface area contributed by atoms with Crippen LogP contribution in [0.2, 0.25) is 0 Å². The lowest BCUT2D eigenvalue weighted by atomic mass is 9.94. The second-order valence-electron chi connectivity index (χ2n) is 5.98. The summed E-state index contributed by atoms with van der Waals surface area (Å²) in [7, 11) is 0. The fourth-order valence-corrected chi connectivity index (χ4v) is 2.85. The van der Waals surface area contributed by atoms with Crippen LogP contribution in [0.5, 0.6) is 0 Å². The lowest BCUT2D eigenvalue weighted by Gasteiger charge is -2.13. The van der Waals surface area contributed by atoms with Gasteiger partial charge in [-0.25, -0.2) is 0 Å². The second kappa shape index (κ2) is 6.69. The fraction of sp³-hybridized carbons (Fsp3) is 0.200. The topological polar surface area (TPSA) is 76.9 Å². The molecule has 1 heterocycles. The van der Waals surface area contributed by atoms with Gasteiger partial charge in [0.25, 0.3) is 5.56 Å². The van der Waals surface area contributed by atoms with Gasteiger partial charge in [0, 0.05) is 17.5 Å². The number of aliphatic hydroxyl groups excluding tert-OH is 1. The zero-order chi connectivity index (χ0) is 17.1. The molecule has 2 aromatic carbocycles. The van der Waals surface area contributed by atoms with Crippen molar-refractivity contribution in [3.8, 4) is 6.07 Å². The lowest BCUT2D eigenvalue weighted by molar-refractivity contribution is 0.181. The molecule has 4 nitrogen and oxygen atoms in total. The number of pyridine rings is 1. The predicted molar refractivity (Wildman–Crippen MR) is 93.9 cm³/mol. The number of para-hydroxylation sites is 1. The Bertz CT molecular complexity index is 950. The minimum Gasteiger partial charge on any atom is -0.392 e. The van der Waals surface area contributed by atoms with E-state index in [-0.39, 0.29) is 5.56 Å². The first-order chi connectivity index (χ1) is 11.6. The normalized spacial score (nSPS) is 13.4. The van der Waals surface area contributed by atoms with Crippen molar-refractivity contribution in [3.05, 3.63) is 81.6 Å². The first-order valence-electron chi connectivity index (χ1n) is 7.86. The molecule has 0 aliphatic heterocycles. The van der Waals surface area contributed by atoms with Crippen molar-refractivity contribution in [1.82, 2.24) is 4.98 Å². The molecule has 120 valence electrons. The number of hydrogen-bond donors (Lipinski definition) is 2. The number of aromatic amines is 1. The van der Waals surface area contributed by atoms with Crippen molar-refractivity contribution < 1.29 is 5.11 Å².